The molecule has 2 aromatic rings. The zero-order valence-corrected chi connectivity index (χ0v) is 14.4. The van der Waals surface area contributed by atoms with Crippen LogP contribution < -0.4 is 10.2 Å². The Morgan fingerprint density at radius 1 is 0.962 bits per heavy atom. The molecule has 1 amide bonds. The molecule has 0 unspecified atom stereocenters. The molecule has 26 heavy (non-hydrogen) atoms. The second-order valence-electron chi connectivity index (χ2n) is 6.33. The van der Waals surface area contributed by atoms with E-state index < -0.39 is 17.6 Å². The molecule has 0 aromatic heterocycles. The lowest BCUT2D eigenvalue weighted by atomic mass is 10.1. The van der Waals surface area contributed by atoms with Crippen molar-refractivity contribution >= 4 is 17.3 Å². The van der Waals surface area contributed by atoms with Gasteiger partial charge in [0.1, 0.15) is 0 Å². The summed E-state index contributed by atoms with van der Waals surface area (Å²) < 4.78 is 39.1. The first-order valence-corrected chi connectivity index (χ1v) is 8.36. The first kappa shape index (κ1) is 18.3. The number of amides is 1. The summed E-state index contributed by atoms with van der Waals surface area (Å²) >= 11 is 0. The maximum atomic E-state index is 13.0. The predicted molar refractivity (Wildman–Crippen MR) is 95.5 cm³/mol. The summed E-state index contributed by atoms with van der Waals surface area (Å²) in [6.45, 7) is 3.79. The van der Waals surface area contributed by atoms with Crippen molar-refractivity contribution in [1.29, 1.82) is 0 Å². The van der Waals surface area contributed by atoms with E-state index >= 15 is 0 Å². The SMILES string of the molecule is CN1CCN(c2ccc(NC(=O)c3ccccc3C(F)(F)F)cc2)CC1. The minimum absolute atomic E-state index is 0.386. The molecule has 0 aliphatic carbocycles. The number of carbonyl (C=O) groups is 1. The predicted octanol–water partition coefficient (Wildman–Crippen LogP) is 3.71. The Hall–Kier alpha value is -2.54. The van der Waals surface area contributed by atoms with Crippen LogP contribution in [0.5, 0.6) is 0 Å². The molecular formula is C19H20F3N3O. The normalized spacial score (nSPS) is 15.8. The van der Waals surface area contributed by atoms with E-state index in [2.05, 4.69) is 22.2 Å². The van der Waals surface area contributed by atoms with Crippen molar-refractivity contribution in [2.75, 3.05) is 43.4 Å². The smallest absolute Gasteiger partial charge is 0.369 e. The number of hydrogen-bond acceptors (Lipinski definition) is 3. The first-order chi connectivity index (χ1) is 12.3. The monoisotopic (exact) mass is 363 g/mol. The molecule has 1 fully saturated rings. The van der Waals surface area contributed by atoms with Gasteiger partial charge in [-0.2, -0.15) is 13.2 Å². The van der Waals surface area contributed by atoms with Gasteiger partial charge in [-0.1, -0.05) is 12.1 Å². The van der Waals surface area contributed by atoms with E-state index in [1.165, 1.54) is 18.2 Å². The van der Waals surface area contributed by atoms with Gasteiger partial charge in [-0.25, -0.2) is 0 Å². The number of alkyl halides is 3. The number of piperazine rings is 1. The van der Waals surface area contributed by atoms with Crippen molar-refractivity contribution in [1.82, 2.24) is 4.90 Å². The van der Waals surface area contributed by atoms with Crippen molar-refractivity contribution in [3.8, 4) is 0 Å². The van der Waals surface area contributed by atoms with E-state index in [0.717, 1.165) is 37.9 Å². The number of likely N-dealkylation sites (N-methyl/N-ethyl adjacent to an activating group) is 1. The van der Waals surface area contributed by atoms with Crippen LogP contribution in [0.25, 0.3) is 0 Å². The number of nitrogens with one attached hydrogen (secondary N) is 1. The van der Waals surface area contributed by atoms with Crippen LogP contribution in [0, 0.1) is 0 Å². The van der Waals surface area contributed by atoms with E-state index in [0.29, 0.717) is 5.69 Å². The van der Waals surface area contributed by atoms with Gasteiger partial charge in [0.15, 0.2) is 0 Å². The number of nitrogens with zero attached hydrogens (tertiary/aromatic N) is 2. The zero-order valence-electron chi connectivity index (χ0n) is 14.4. The summed E-state index contributed by atoms with van der Waals surface area (Å²) in [6, 6.07) is 11.9. The topological polar surface area (TPSA) is 35.6 Å². The molecule has 0 atom stereocenters. The summed E-state index contributed by atoms with van der Waals surface area (Å²) in [4.78, 5) is 16.8. The van der Waals surface area contributed by atoms with Crippen LogP contribution in [0.2, 0.25) is 0 Å². The average Bonchev–Trinajstić information content (AvgIpc) is 2.62. The van der Waals surface area contributed by atoms with Crippen molar-refractivity contribution in [2.45, 2.75) is 6.18 Å². The van der Waals surface area contributed by atoms with Crippen molar-refractivity contribution < 1.29 is 18.0 Å². The molecule has 2 aromatic carbocycles. The van der Waals surface area contributed by atoms with E-state index in [4.69, 9.17) is 0 Å². The highest BCUT2D eigenvalue weighted by atomic mass is 19.4. The number of carbonyl (C=O) groups excluding carboxylic acids is 1. The summed E-state index contributed by atoms with van der Waals surface area (Å²) in [7, 11) is 2.08. The van der Waals surface area contributed by atoms with Gasteiger partial charge >= 0.3 is 6.18 Å². The Bertz CT molecular complexity index is 766. The van der Waals surface area contributed by atoms with Gasteiger partial charge in [0.05, 0.1) is 11.1 Å². The van der Waals surface area contributed by atoms with Crippen molar-refractivity contribution in [2.24, 2.45) is 0 Å². The molecule has 138 valence electrons. The molecule has 0 saturated carbocycles. The van der Waals surface area contributed by atoms with Crippen LogP contribution in [0.15, 0.2) is 48.5 Å². The zero-order chi connectivity index (χ0) is 18.7. The van der Waals surface area contributed by atoms with E-state index in [1.54, 1.807) is 12.1 Å². The molecule has 0 spiro atoms. The maximum absolute atomic E-state index is 13.0. The maximum Gasteiger partial charge on any atom is 0.417 e. The van der Waals surface area contributed by atoms with Crippen molar-refractivity contribution in [3.05, 3.63) is 59.7 Å². The standard InChI is InChI=1S/C19H20F3N3O/c1-24-10-12-25(13-11-24)15-8-6-14(7-9-15)23-18(26)16-4-2-3-5-17(16)19(20,21)22/h2-9H,10-13H2,1H3,(H,23,26). The highest BCUT2D eigenvalue weighted by molar-refractivity contribution is 6.05. The Morgan fingerprint density at radius 2 is 1.58 bits per heavy atom. The third-order valence-electron chi connectivity index (χ3n) is 4.47. The number of benzene rings is 2. The summed E-state index contributed by atoms with van der Waals surface area (Å²) in [5.41, 5.74) is 0.173. The van der Waals surface area contributed by atoms with Gasteiger partial charge in [0, 0.05) is 37.6 Å². The molecule has 1 heterocycles. The van der Waals surface area contributed by atoms with Gasteiger partial charge in [0.2, 0.25) is 0 Å². The highest BCUT2D eigenvalue weighted by Gasteiger charge is 2.34. The number of hydrogen-bond donors (Lipinski definition) is 1. The quantitative estimate of drug-likeness (QED) is 0.903. The van der Waals surface area contributed by atoms with Crippen LogP contribution in [0.3, 0.4) is 0 Å². The minimum atomic E-state index is -4.57. The van der Waals surface area contributed by atoms with Gasteiger partial charge in [-0.05, 0) is 43.4 Å². The van der Waals surface area contributed by atoms with E-state index in [1.807, 2.05) is 12.1 Å². The van der Waals surface area contributed by atoms with Crippen LogP contribution >= 0.6 is 0 Å². The molecule has 4 nitrogen and oxygen atoms in total. The summed E-state index contributed by atoms with van der Waals surface area (Å²) in [5.74, 6) is -0.773. The van der Waals surface area contributed by atoms with Crippen LogP contribution in [0.4, 0.5) is 24.5 Å². The lowest BCUT2D eigenvalue weighted by Crippen LogP contribution is -2.44. The molecule has 1 aliphatic rings. The highest BCUT2D eigenvalue weighted by Crippen LogP contribution is 2.32. The summed E-state index contributed by atoms with van der Waals surface area (Å²) in [5, 5.41) is 2.54. The molecule has 1 saturated heterocycles. The largest absolute Gasteiger partial charge is 0.417 e. The van der Waals surface area contributed by atoms with E-state index in [-0.39, 0.29) is 5.56 Å². The second-order valence-corrected chi connectivity index (χ2v) is 6.33. The fraction of sp³-hybridized carbons (Fsp3) is 0.316. The minimum Gasteiger partial charge on any atom is -0.369 e. The van der Waals surface area contributed by atoms with Gasteiger partial charge in [0.25, 0.3) is 5.91 Å². The molecular weight excluding hydrogens is 343 g/mol. The van der Waals surface area contributed by atoms with Gasteiger partial charge in [-0.15, -0.1) is 0 Å². The lowest BCUT2D eigenvalue weighted by Gasteiger charge is -2.34. The number of halogens is 3. The van der Waals surface area contributed by atoms with Crippen LogP contribution in [-0.2, 0) is 6.18 Å². The number of anilines is 2. The van der Waals surface area contributed by atoms with E-state index in [9.17, 15) is 18.0 Å². The molecule has 0 radical (unpaired) electrons. The summed E-state index contributed by atoms with van der Waals surface area (Å²) in [6.07, 6.45) is -4.57. The third-order valence-corrected chi connectivity index (χ3v) is 4.47. The molecule has 1 aliphatic heterocycles. The first-order valence-electron chi connectivity index (χ1n) is 8.36. The molecule has 0 bridgehead atoms. The molecule has 1 N–H and O–H groups in total. The van der Waals surface area contributed by atoms with Crippen molar-refractivity contribution in [3.63, 3.8) is 0 Å². The van der Waals surface area contributed by atoms with Crippen LogP contribution in [0.1, 0.15) is 15.9 Å². The van der Waals surface area contributed by atoms with Crippen LogP contribution in [-0.4, -0.2) is 44.0 Å². The number of rotatable bonds is 3. The average molecular weight is 363 g/mol. The third kappa shape index (κ3) is 4.16. The fourth-order valence-electron chi connectivity index (χ4n) is 2.95. The van der Waals surface area contributed by atoms with Gasteiger partial charge in [-0.3, -0.25) is 4.79 Å². The Labute approximate surface area is 150 Å². The molecule has 7 heteroatoms. The Morgan fingerprint density at radius 3 is 2.19 bits per heavy atom. The lowest BCUT2D eigenvalue weighted by molar-refractivity contribution is -0.137. The Kier molecular flexibility index (Phi) is 5.18. The van der Waals surface area contributed by atoms with Gasteiger partial charge < -0.3 is 15.1 Å². The Balaban J connectivity index is 1.71. The second kappa shape index (κ2) is 7.37. The fourth-order valence-corrected chi connectivity index (χ4v) is 2.95. The molecule has 3 rings (SSSR count).